The summed E-state index contributed by atoms with van der Waals surface area (Å²) in [6, 6.07) is 4.55. The average molecular weight is 271 g/mol. The van der Waals surface area contributed by atoms with Crippen molar-refractivity contribution in [2.75, 3.05) is 6.61 Å². The summed E-state index contributed by atoms with van der Waals surface area (Å²) in [6.45, 7) is 7.33. The van der Waals surface area contributed by atoms with Crippen LogP contribution in [0.3, 0.4) is 0 Å². The molecule has 102 valence electrons. The van der Waals surface area contributed by atoms with Crippen LogP contribution in [0.4, 0.5) is 0 Å². The van der Waals surface area contributed by atoms with E-state index in [1.165, 1.54) is 0 Å². The second kappa shape index (κ2) is 5.82. The van der Waals surface area contributed by atoms with Crippen LogP contribution in [0, 0.1) is 19.8 Å². The van der Waals surface area contributed by atoms with Gasteiger partial charge in [0, 0.05) is 6.04 Å². The predicted molar refractivity (Wildman–Crippen MR) is 71.9 cm³/mol. The first-order valence-corrected chi connectivity index (χ1v) is 7.46. The summed E-state index contributed by atoms with van der Waals surface area (Å²) >= 11 is 0. The van der Waals surface area contributed by atoms with E-state index in [0.29, 0.717) is 0 Å². The summed E-state index contributed by atoms with van der Waals surface area (Å²) in [5, 5.41) is 9.18. The molecular weight excluding hydrogens is 250 g/mol. The summed E-state index contributed by atoms with van der Waals surface area (Å²) in [6.07, 6.45) is 0. The first-order valence-electron chi connectivity index (χ1n) is 5.98. The average Bonchev–Trinajstić information content (AvgIpc) is 2.29. The Labute approximate surface area is 109 Å². The zero-order valence-electron chi connectivity index (χ0n) is 11.3. The van der Waals surface area contributed by atoms with Gasteiger partial charge in [0.15, 0.2) is 0 Å². The molecule has 1 atom stereocenters. The van der Waals surface area contributed by atoms with Gasteiger partial charge in [0.1, 0.15) is 0 Å². The van der Waals surface area contributed by atoms with E-state index in [1.807, 2.05) is 27.7 Å². The van der Waals surface area contributed by atoms with Gasteiger partial charge in [-0.15, -0.1) is 0 Å². The molecule has 1 aromatic rings. The minimum atomic E-state index is -3.57. The van der Waals surface area contributed by atoms with Gasteiger partial charge >= 0.3 is 0 Å². The van der Waals surface area contributed by atoms with Crippen LogP contribution in [0.15, 0.2) is 23.1 Å². The van der Waals surface area contributed by atoms with E-state index in [4.69, 9.17) is 0 Å². The van der Waals surface area contributed by atoms with Crippen molar-refractivity contribution in [1.29, 1.82) is 0 Å². The van der Waals surface area contributed by atoms with Crippen molar-refractivity contribution in [2.45, 2.75) is 38.6 Å². The molecule has 2 N–H and O–H groups in total. The van der Waals surface area contributed by atoms with Crippen LogP contribution in [-0.2, 0) is 10.0 Å². The van der Waals surface area contributed by atoms with Gasteiger partial charge in [-0.25, -0.2) is 13.1 Å². The standard InChI is InChI=1S/C13H21NO3S/c1-9(2)13(8-15)14-18(16,17)12-6-5-10(3)11(4)7-12/h5-7,9,13-15H,8H2,1-4H3/t13-/m1/s1. The second-order valence-electron chi connectivity index (χ2n) is 4.90. The fourth-order valence-corrected chi connectivity index (χ4v) is 2.99. The van der Waals surface area contributed by atoms with Crippen molar-refractivity contribution in [3.8, 4) is 0 Å². The van der Waals surface area contributed by atoms with Gasteiger partial charge in [-0.1, -0.05) is 19.9 Å². The van der Waals surface area contributed by atoms with E-state index >= 15 is 0 Å². The van der Waals surface area contributed by atoms with Crippen molar-refractivity contribution in [3.05, 3.63) is 29.3 Å². The Bertz CT molecular complexity index is 509. The lowest BCUT2D eigenvalue weighted by molar-refractivity contribution is 0.227. The number of aryl methyl sites for hydroxylation is 2. The maximum atomic E-state index is 12.1. The molecule has 0 unspecified atom stereocenters. The van der Waals surface area contributed by atoms with Gasteiger partial charge in [-0.05, 0) is 43.0 Å². The first-order chi connectivity index (χ1) is 8.27. The van der Waals surface area contributed by atoms with Crippen LogP contribution in [0.2, 0.25) is 0 Å². The zero-order chi connectivity index (χ0) is 13.9. The smallest absolute Gasteiger partial charge is 0.240 e. The molecule has 0 aliphatic rings. The number of nitrogens with one attached hydrogen (secondary N) is 1. The Hall–Kier alpha value is -0.910. The van der Waals surface area contributed by atoms with Crippen LogP contribution in [0.25, 0.3) is 0 Å². The number of aliphatic hydroxyl groups excluding tert-OH is 1. The quantitative estimate of drug-likeness (QED) is 0.855. The van der Waals surface area contributed by atoms with Crippen LogP contribution in [0.5, 0.6) is 0 Å². The SMILES string of the molecule is Cc1ccc(S(=O)(=O)N[C@H](CO)C(C)C)cc1C. The second-order valence-corrected chi connectivity index (χ2v) is 6.61. The molecule has 0 radical (unpaired) electrons. The molecule has 5 heteroatoms. The molecule has 18 heavy (non-hydrogen) atoms. The number of sulfonamides is 1. The molecule has 4 nitrogen and oxygen atoms in total. The molecule has 0 aliphatic carbocycles. The van der Waals surface area contributed by atoms with Crippen molar-refractivity contribution in [2.24, 2.45) is 5.92 Å². The summed E-state index contributed by atoms with van der Waals surface area (Å²) in [5.74, 6) is 0.0383. The van der Waals surface area contributed by atoms with Crippen LogP contribution < -0.4 is 4.72 Å². The van der Waals surface area contributed by atoms with Crippen LogP contribution in [-0.4, -0.2) is 26.2 Å². The highest BCUT2D eigenvalue weighted by Crippen LogP contribution is 2.16. The van der Waals surface area contributed by atoms with Gasteiger partial charge in [0.2, 0.25) is 10.0 Å². The summed E-state index contributed by atoms with van der Waals surface area (Å²) < 4.78 is 26.8. The normalized spacial score (nSPS) is 13.9. The van der Waals surface area contributed by atoms with E-state index in [-0.39, 0.29) is 17.4 Å². The molecule has 1 aromatic carbocycles. The Morgan fingerprint density at radius 1 is 1.22 bits per heavy atom. The summed E-state index contributed by atoms with van der Waals surface area (Å²) in [7, 11) is -3.57. The maximum Gasteiger partial charge on any atom is 0.240 e. The van der Waals surface area contributed by atoms with E-state index in [0.717, 1.165) is 11.1 Å². The molecule has 0 aliphatic heterocycles. The lowest BCUT2D eigenvalue weighted by atomic mass is 10.1. The molecule has 0 fully saturated rings. The van der Waals surface area contributed by atoms with Gasteiger partial charge in [0.05, 0.1) is 11.5 Å². The Morgan fingerprint density at radius 3 is 2.28 bits per heavy atom. The molecule has 0 bridgehead atoms. The van der Waals surface area contributed by atoms with Crippen molar-refractivity contribution in [3.63, 3.8) is 0 Å². The zero-order valence-corrected chi connectivity index (χ0v) is 12.1. The third-order valence-electron chi connectivity index (χ3n) is 3.10. The number of benzene rings is 1. The van der Waals surface area contributed by atoms with Crippen molar-refractivity contribution in [1.82, 2.24) is 4.72 Å². The molecule has 0 heterocycles. The third kappa shape index (κ3) is 3.54. The molecule has 1 rings (SSSR count). The molecular formula is C13H21NO3S. The van der Waals surface area contributed by atoms with E-state index in [9.17, 15) is 13.5 Å². The van der Waals surface area contributed by atoms with Gasteiger partial charge in [-0.3, -0.25) is 0 Å². The molecule has 0 aromatic heterocycles. The minimum absolute atomic E-state index is 0.0383. The number of hydrogen-bond donors (Lipinski definition) is 2. The van der Waals surface area contributed by atoms with Gasteiger partial charge in [-0.2, -0.15) is 0 Å². The Morgan fingerprint density at radius 2 is 1.83 bits per heavy atom. The van der Waals surface area contributed by atoms with Crippen LogP contribution >= 0.6 is 0 Å². The number of rotatable bonds is 5. The maximum absolute atomic E-state index is 12.1. The monoisotopic (exact) mass is 271 g/mol. The summed E-state index contributed by atoms with van der Waals surface area (Å²) in [4.78, 5) is 0.240. The van der Waals surface area contributed by atoms with E-state index in [2.05, 4.69) is 4.72 Å². The van der Waals surface area contributed by atoms with Crippen LogP contribution in [0.1, 0.15) is 25.0 Å². The number of aliphatic hydroxyl groups is 1. The van der Waals surface area contributed by atoms with Crippen molar-refractivity contribution < 1.29 is 13.5 Å². The number of hydrogen-bond acceptors (Lipinski definition) is 3. The molecule has 0 spiro atoms. The topological polar surface area (TPSA) is 66.4 Å². The van der Waals surface area contributed by atoms with Crippen molar-refractivity contribution >= 4 is 10.0 Å². The lowest BCUT2D eigenvalue weighted by Gasteiger charge is -2.20. The molecule has 0 amide bonds. The first kappa shape index (κ1) is 15.1. The largest absolute Gasteiger partial charge is 0.395 e. The van der Waals surface area contributed by atoms with Gasteiger partial charge < -0.3 is 5.11 Å². The summed E-state index contributed by atoms with van der Waals surface area (Å²) in [5.41, 5.74) is 1.99. The molecule has 0 saturated heterocycles. The van der Waals surface area contributed by atoms with E-state index in [1.54, 1.807) is 18.2 Å². The highest BCUT2D eigenvalue weighted by molar-refractivity contribution is 7.89. The predicted octanol–water partition coefficient (Wildman–Crippen LogP) is 1.60. The van der Waals surface area contributed by atoms with E-state index < -0.39 is 16.1 Å². The highest BCUT2D eigenvalue weighted by Gasteiger charge is 2.22. The fraction of sp³-hybridized carbons (Fsp3) is 0.538. The minimum Gasteiger partial charge on any atom is -0.395 e. The van der Waals surface area contributed by atoms with Gasteiger partial charge in [0.25, 0.3) is 0 Å². The molecule has 0 saturated carbocycles. The Kier molecular flexibility index (Phi) is 4.90. The fourth-order valence-electron chi connectivity index (χ4n) is 1.53. The lowest BCUT2D eigenvalue weighted by Crippen LogP contribution is -2.41. The highest BCUT2D eigenvalue weighted by atomic mass is 32.2. The third-order valence-corrected chi connectivity index (χ3v) is 4.58. The Balaban J connectivity index is 3.02.